The monoisotopic (exact) mass is 434 g/mol. The van der Waals surface area contributed by atoms with Gasteiger partial charge >= 0.3 is 0 Å². The number of nitrogens with zero attached hydrogens (tertiary/aromatic N) is 1. The number of hydrogen-bond donors (Lipinski definition) is 3. The van der Waals surface area contributed by atoms with E-state index in [0.29, 0.717) is 5.84 Å². The summed E-state index contributed by atoms with van der Waals surface area (Å²) >= 11 is 5.94. The molecule has 160 valence electrons. The molecule has 0 aromatic heterocycles. The summed E-state index contributed by atoms with van der Waals surface area (Å²) in [6.07, 6.45) is -0.176. The molecule has 0 spiro atoms. The Labute approximate surface area is 188 Å². The maximum absolute atomic E-state index is 5.94. The van der Waals surface area contributed by atoms with Crippen LogP contribution >= 0.6 is 11.6 Å². The zero-order valence-corrected chi connectivity index (χ0v) is 18.3. The zero-order valence-electron chi connectivity index (χ0n) is 17.6. The molecule has 6 heteroatoms. The number of rotatable bonds is 8. The largest absolute Gasteiger partial charge is 0.481 e. The predicted molar refractivity (Wildman–Crippen MR) is 127 cm³/mol. The molecule has 0 fully saturated rings. The Kier molecular flexibility index (Phi) is 6.87. The highest BCUT2D eigenvalue weighted by atomic mass is 35.5. The lowest BCUT2D eigenvalue weighted by molar-refractivity contribution is 0.281. The van der Waals surface area contributed by atoms with Gasteiger partial charge in [-0.1, -0.05) is 54.1 Å². The average Bonchev–Trinajstić information content (AvgIpc) is 2.76. The van der Waals surface area contributed by atoms with Crippen molar-refractivity contribution in [2.24, 2.45) is 10.7 Å². The second-order valence-corrected chi connectivity index (χ2v) is 8.19. The van der Waals surface area contributed by atoms with Crippen LogP contribution in [0.3, 0.4) is 0 Å². The van der Waals surface area contributed by atoms with Gasteiger partial charge in [0.2, 0.25) is 0 Å². The topological polar surface area (TPSA) is 71.7 Å². The van der Waals surface area contributed by atoms with Crippen LogP contribution in [0.15, 0.2) is 71.7 Å². The van der Waals surface area contributed by atoms with Gasteiger partial charge in [-0.3, -0.25) is 0 Å². The van der Waals surface area contributed by atoms with E-state index in [4.69, 9.17) is 22.1 Å². The third-order valence-electron chi connectivity index (χ3n) is 5.21. The van der Waals surface area contributed by atoms with Crippen molar-refractivity contribution in [2.75, 3.05) is 0 Å². The second-order valence-electron chi connectivity index (χ2n) is 7.75. The van der Waals surface area contributed by atoms with Gasteiger partial charge in [0.05, 0.1) is 0 Å². The molecule has 0 bridgehead atoms. The van der Waals surface area contributed by atoms with E-state index in [9.17, 15) is 0 Å². The maximum atomic E-state index is 5.94. The van der Waals surface area contributed by atoms with E-state index in [0.717, 1.165) is 48.2 Å². The Balaban J connectivity index is 1.27. The molecule has 31 heavy (non-hydrogen) atoms. The molecule has 5 nitrogen and oxygen atoms in total. The van der Waals surface area contributed by atoms with Crippen molar-refractivity contribution >= 4 is 23.1 Å². The summed E-state index contributed by atoms with van der Waals surface area (Å²) in [6.45, 7) is 5.07. The van der Waals surface area contributed by atoms with Crippen LogP contribution in [0.5, 0.6) is 5.75 Å². The number of amidine groups is 1. The molecule has 0 amide bonds. The predicted octanol–water partition coefficient (Wildman–Crippen LogP) is 4.69. The summed E-state index contributed by atoms with van der Waals surface area (Å²) in [5, 5.41) is 7.75. The fraction of sp³-hybridized carbons (Fsp3) is 0.240. The zero-order chi connectivity index (χ0) is 21.6. The average molecular weight is 435 g/mol. The van der Waals surface area contributed by atoms with Crippen molar-refractivity contribution in [3.05, 3.63) is 94.0 Å². The van der Waals surface area contributed by atoms with Gasteiger partial charge in [-0.2, -0.15) is 0 Å². The molecule has 1 aliphatic rings. The first-order valence-electron chi connectivity index (χ1n) is 10.4. The van der Waals surface area contributed by atoms with E-state index in [1.807, 2.05) is 43.3 Å². The van der Waals surface area contributed by atoms with Crippen LogP contribution in [0, 0.1) is 0 Å². The quantitative estimate of drug-likeness (QED) is 0.481. The number of nitrogens with two attached hydrogens (primary N) is 1. The van der Waals surface area contributed by atoms with E-state index in [1.165, 1.54) is 16.7 Å². The first-order valence-corrected chi connectivity index (χ1v) is 10.8. The highest BCUT2D eigenvalue weighted by molar-refractivity contribution is 6.30. The molecule has 0 aliphatic carbocycles. The molecule has 1 unspecified atom stereocenters. The summed E-state index contributed by atoms with van der Waals surface area (Å²) in [4.78, 5) is 4.45. The summed E-state index contributed by atoms with van der Waals surface area (Å²) in [6, 6.07) is 22.6. The van der Waals surface area contributed by atoms with Crippen molar-refractivity contribution in [3.8, 4) is 5.75 Å². The van der Waals surface area contributed by atoms with Crippen molar-refractivity contribution < 1.29 is 4.74 Å². The van der Waals surface area contributed by atoms with Crippen LogP contribution in [-0.2, 0) is 26.2 Å². The van der Waals surface area contributed by atoms with Gasteiger partial charge in [0.1, 0.15) is 17.3 Å². The van der Waals surface area contributed by atoms with Crippen molar-refractivity contribution in [2.45, 2.75) is 39.2 Å². The molecule has 3 aromatic carbocycles. The Hall–Kier alpha value is -2.86. The third-order valence-corrected chi connectivity index (χ3v) is 5.47. The molecular formula is C25H27ClN4O. The molecule has 1 heterocycles. The van der Waals surface area contributed by atoms with E-state index in [2.05, 4.69) is 46.0 Å². The highest BCUT2D eigenvalue weighted by Crippen LogP contribution is 2.32. The maximum Gasteiger partial charge on any atom is 0.153 e. The van der Waals surface area contributed by atoms with Gasteiger partial charge in [-0.15, -0.1) is 0 Å². The Bertz CT molecular complexity index is 1070. The van der Waals surface area contributed by atoms with E-state index < -0.39 is 0 Å². The number of benzene rings is 3. The SMILES string of the molecule is CC1Oc2ccc(CNCc3cccc(CNCc4ccc(Cl)cc4)c3)cc2N=C1N. The smallest absolute Gasteiger partial charge is 0.153 e. The van der Waals surface area contributed by atoms with Gasteiger partial charge in [-0.25, -0.2) is 4.99 Å². The second kappa shape index (κ2) is 9.96. The van der Waals surface area contributed by atoms with E-state index in [1.54, 1.807) is 0 Å². The van der Waals surface area contributed by atoms with Gasteiger partial charge in [-0.05, 0) is 53.4 Å². The van der Waals surface area contributed by atoms with Crippen LogP contribution in [0.1, 0.15) is 29.2 Å². The number of nitrogens with one attached hydrogen (secondary N) is 2. The molecular weight excluding hydrogens is 408 g/mol. The number of hydrogen-bond acceptors (Lipinski definition) is 5. The van der Waals surface area contributed by atoms with E-state index in [-0.39, 0.29) is 6.10 Å². The van der Waals surface area contributed by atoms with Gasteiger partial charge < -0.3 is 21.1 Å². The Morgan fingerprint density at radius 3 is 2.10 bits per heavy atom. The molecule has 3 aromatic rings. The summed E-state index contributed by atoms with van der Waals surface area (Å²) in [5.74, 6) is 1.29. The van der Waals surface area contributed by atoms with Crippen molar-refractivity contribution in [1.82, 2.24) is 10.6 Å². The summed E-state index contributed by atoms with van der Waals surface area (Å²) < 4.78 is 5.76. The fourth-order valence-corrected chi connectivity index (χ4v) is 3.62. The lowest BCUT2D eigenvalue weighted by Crippen LogP contribution is -2.33. The Morgan fingerprint density at radius 2 is 1.42 bits per heavy atom. The standard InChI is InChI=1S/C25H27ClN4O/c1-17-25(27)30-23-12-21(7-10-24(23)31-17)16-29-15-20-4-2-3-19(11-20)14-28-13-18-5-8-22(26)9-6-18/h2-12,17,28-29H,13-16H2,1H3,(H2,27,30). The van der Waals surface area contributed by atoms with Crippen LogP contribution in [-0.4, -0.2) is 11.9 Å². The lowest BCUT2D eigenvalue weighted by Gasteiger charge is -2.21. The van der Waals surface area contributed by atoms with Gasteiger partial charge in [0.25, 0.3) is 0 Å². The van der Waals surface area contributed by atoms with Gasteiger partial charge in [0.15, 0.2) is 6.10 Å². The molecule has 0 saturated carbocycles. The Morgan fingerprint density at radius 1 is 0.839 bits per heavy atom. The fourth-order valence-electron chi connectivity index (χ4n) is 3.49. The highest BCUT2D eigenvalue weighted by Gasteiger charge is 2.18. The molecule has 0 saturated heterocycles. The summed E-state index contributed by atoms with van der Waals surface area (Å²) in [7, 11) is 0. The van der Waals surface area contributed by atoms with Crippen LogP contribution in [0.2, 0.25) is 5.02 Å². The molecule has 4 rings (SSSR count). The van der Waals surface area contributed by atoms with E-state index >= 15 is 0 Å². The van der Waals surface area contributed by atoms with Crippen LogP contribution in [0.4, 0.5) is 5.69 Å². The number of halogens is 1. The molecule has 0 radical (unpaired) electrons. The first kappa shape index (κ1) is 21.4. The third kappa shape index (κ3) is 5.85. The number of ether oxygens (including phenoxy) is 1. The molecule has 4 N–H and O–H groups in total. The van der Waals surface area contributed by atoms with Crippen LogP contribution in [0.25, 0.3) is 0 Å². The number of aliphatic imine (C=N–C) groups is 1. The molecule has 1 atom stereocenters. The normalized spacial score (nSPS) is 15.2. The summed E-state index contributed by atoms with van der Waals surface area (Å²) in [5.41, 5.74) is 11.6. The number of fused-ring (bicyclic) bond motifs is 1. The van der Waals surface area contributed by atoms with Crippen molar-refractivity contribution in [1.29, 1.82) is 0 Å². The minimum absolute atomic E-state index is 0.176. The first-order chi connectivity index (χ1) is 15.1. The van der Waals surface area contributed by atoms with Crippen molar-refractivity contribution in [3.63, 3.8) is 0 Å². The van der Waals surface area contributed by atoms with Crippen LogP contribution < -0.4 is 21.1 Å². The van der Waals surface area contributed by atoms with Gasteiger partial charge in [0, 0.05) is 31.2 Å². The minimum Gasteiger partial charge on any atom is -0.481 e. The molecule has 1 aliphatic heterocycles. The lowest BCUT2D eigenvalue weighted by atomic mass is 10.1. The minimum atomic E-state index is -0.176.